The van der Waals surface area contributed by atoms with Crippen molar-refractivity contribution in [3.8, 4) is 22.5 Å². The average Bonchev–Trinajstić information content (AvgIpc) is 3.57. The first-order chi connectivity index (χ1) is 20.9. The van der Waals surface area contributed by atoms with Gasteiger partial charge in [-0.3, -0.25) is 0 Å². The molecule has 0 aliphatic heterocycles. The normalized spacial score (nSPS) is 11.8. The molecule has 2 heteroatoms. The molecule has 0 fully saturated rings. The van der Waals surface area contributed by atoms with Crippen LogP contribution in [0, 0.1) is 0 Å². The predicted octanol–water partition coefficient (Wildman–Crippen LogP) is 10.7. The van der Waals surface area contributed by atoms with Gasteiger partial charge < -0.3 is 9.13 Å². The van der Waals surface area contributed by atoms with Gasteiger partial charge in [0, 0.05) is 38.5 Å². The zero-order chi connectivity index (χ0) is 27.6. The summed E-state index contributed by atoms with van der Waals surface area (Å²) in [7, 11) is 0. The molecule has 0 aliphatic carbocycles. The highest BCUT2D eigenvalue weighted by molar-refractivity contribution is 6.22. The summed E-state index contributed by atoms with van der Waals surface area (Å²) in [5.74, 6) is 0. The van der Waals surface area contributed by atoms with Gasteiger partial charge in [0.1, 0.15) is 0 Å². The second kappa shape index (κ2) is 8.95. The van der Waals surface area contributed by atoms with E-state index >= 15 is 0 Å². The first kappa shape index (κ1) is 23.1. The maximum atomic E-state index is 2.45. The Bertz CT molecular complexity index is 2440. The van der Waals surface area contributed by atoms with Gasteiger partial charge in [-0.05, 0) is 70.9 Å². The highest BCUT2D eigenvalue weighted by Gasteiger charge is 2.20. The number of para-hydroxylation sites is 4. The zero-order valence-electron chi connectivity index (χ0n) is 22.9. The summed E-state index contributed by atoms with van der Waals surface area (Å²) in [5.41, 5.74) is 9.73. The molecule has 2 aromatic heterocycles. The average molecular weight is 535 g/mol. The van der Waals surface area contributed by atoms with Crippen LogP contribution in [0.2, 0.25) is 0 Å². The van der Waals surface area contributed by atoms with Crippen molar-refractivity contribution in [1.29, 1.82) is 0 Å². The van der Waals surface area contributed by atoms with Crippen molar-refractivity contribution in [2.45, 2.75) is 0 Å². The van der Waals surface area contributed by atoms with Crippen LogP contribution in [0.4, 0.5) is 0 Å². The number of benzene rings is 7. The first-order valence-corrected chi connectivity index (χ1v) is 14.5. The Balaban J connectivity index is 1.45. The fourth-order valence-electron chi connectivity index (χ4n) is 6.91. The molecule has 0 saturated heterocycles. The van der Waals surface area contributed by atoms with Crippen LogP contribution >= 0.6 is 0 Å². The van der Waals surface area contributed by atoms with E-state index in [1.807, 2.05) is 0 Å². The standard InChI is InChI=1S/C40H26N2/c1-3-14-29(15-4-1)41-36-21-11-9-19-32(36)34-26-28(23-24-38(34)41)39-31-18-8-7-13-27(31)25-35-33-20-10-12-22-37(33)42(40(35)39)30-16-5-2-6-17-30/h1-26H. The largest absolute Gasteiger partial charge is 0.309 e. The van der Waals surface area contributed by atoms with Gasteiger partial charge in [0.15, 0.2) is 0 Å². The van der Waals surface area contributed by atoms with E-state index in [2.05, 4.69) is 167 Å². The molecular formula is C40H26N2. The fraction of sp³-hybridized carbons (Fsp3) is 0. The molecular weight excluding hydrogens is 508 g/mol. The lowest BCUT2D eigenvalue weighted by Gasteiger charge is -2.15. The lowest BCUT2D eigenvalue weighted by Crippen LogP contribution is -1.96. The van der Waals surface area contributed by atoms with Crippen LogP contribution in [0.1, 0.15) is 0 Å². The van der Waals surface area contributed by atoms with Crippen molar-refractivity contribution >= 4 is 54.4 Å². The van der Waals surface area contributed by atoms with E-state index in [0.29, 0.717) is 0 Å². The third kappa shape index (κ3) is 3.27. The van der Waals surface area contributed by atoms with Crippen LogP contribution in [0.25, 0.3) is 76.9 Å². The second-order valence-corrected chi connectivity index (χ2v) is 11.0. The Labute approximate surface area is 243 Å². The molecule has 42 heavy (non-hydrogen) atoms. The Hall–Kier alpha value is -5.60. The van der Waals surface area contributed by atoms with E-state index in [0.717, 1.165) is 0 Å². The van der Waals surface area contributed by atoms with Crippen LogP contribution in [0.5, 0.6) is 0 Å². The van der Waals surface area contributed by atoms with Crippen molar-refractivity contribution < 1.29 is 0 Å². The minimum absolute atomic E-state index is 1.17. The molecule has 0 aliphatic rings. The second-order valence-electron chi connectivity index (χ2n) is 11.0. The topological polar surface area (TPSA) is 9.86 Å². The highest BCUT2D eigenvalue weighted by Crippen LogP contribution is 2.44. The SMILES string of the molecule is c1ccc(-n2c3ccccc3c3cc(-c4c5ccccc5cc5c6ccccc6n(-c6ccccc6)c45)ccc32)cc1. The molecule has 9 rings (SSSR count). The van der Waals surface area contributed by atoms with Crippen LogP contribution in [0.15, 0.2) is 158 Å². The van der Waals surface area contributed by atoms with Crippen molar-refractivity contribution in [1.82, 2.24) is 9.13 Å². The smallest absolute Gasteiger partial charge is 0.0625 e. The molecule has 0 atom stereocenters. The number of fused-ring (bicyclic) bond motifs is 7. The van der Waals surface area contributed by atoms with Crippen molar-refractivity contribution in [2.24, 2.45) is 0 Å². The summed E-state index contributed by atoms with van der Waals surface area (Å²) in [5, 5.41) is 7.58. The van der Waals surface area contributed by atoms with Gasteiger partial charge in [0.05, 0.1) is 22.1 Å². The predicted molar refractivity (Wildman–Crippen MR) is 178 cm³/mol. The lowest BCUT2D eigenvalue weighted by molar-refractivity contribution is 1.18. The van der Waals surface area contributed by atoms with Crippen molar-refractivity contribution in [3.63, 3.8) is 0 Å². The molecule has 9 aromatic rings. The molecule has 7 aromatic carbocycles. The maximum absolute atomic E-state index is 2.45. The third-order valence-corrected chi connectivity index (χ3v) is 8.67. The molecule has 0 N–H and O–H groups in total. The molecule has 196 valence electrons. The van der Waals surface area contributed by atoms with Crippen LogP contribution in [-0.2, 0) is 0 Å². The summed E-state index contributed by atoms with van der Waals surface area (Å²) in [6, 6.07) is 57.2. The zero-order valence-corrected chi connectivity index (χ0v) is 22.9. The Kier molecular flexibility index (Phi) is 4.93. The molecule has 0 amide bonds. The summed E-state index contributed by atoms with van der Waals surface area (Å²) in [4.78, 5) is 0. The summed E-state index contributed by atoms with van der Waals surface area (Å²) in [6.07, 6.45) is 0. The molecule has 0 saturated carbocycles. The summed E-state index contributed by atoms with van der Waals surface area (Å²) < 4.78 is 4.83. The number of hydrogen-bond acceptors (Lipinski definition) is 0. The highest BCUT2D eigenvalue weighted by atomic mass is 15.0. The van der Waals surface area contributed by atoms with Gasteiger partial charge in [-0.25, -0.2) is 0 Å². The number of nitrogens with zero attached hydrogens (tertiary/aromatic N) is 2. The Morgan fingerprint density at radius 2 is 0.857 bits per heavy atom. The van der Waals surface area contributed by atoms with E-state index in [-0.39, 0.29) is 0 Å². The summed E-state index contributed by atoms with van der Waals surface area (Å²) in [6.45, 7) is 0. The van der Waals surface area contributed by atoms with Crippen LogP contribution < -0.4 is 0 Å². The maximum Gasteiger partial charge on any atom is 0.0625 e. The van der Waals surface area contributed by atoms with Crippen molar-refractivity contribution in [2.75, 3.05) is 0 Å². The number of rotatable bonds is 3. The monoisotopic (exact) mass is 534 g/mol. The van der Waals surface area contributed by atoms with E-state index in [1.165, 1.54) is 76.9 Å². The molecule has 0 unspecified atom stereocenters. The minimum Gasteiger partial charge on any atom is -0.309 e. The summed E-state index contributed by atoms with van der Waals surface area (Å²) >= 11 is 0. The van der Waals surface area contributed by atoms with Crippen molar-refractivity contribution in [3.05, 3.63) is 158 Å². The van der Waals surface area contributed by atoms with Gasteiger partial charge in [0.25, 0.3) is 0 Å². The van der Waals surface area contributed by atoms with E-state index < -0.39 is 0 Å². The van der Waals surface area contributed by atoms with Crippen LogP contribution in [0.3, 0.4) is 0 Å². The van der Waals surface area contributed by atoms with Crippen LogP contribution in [-0.4, -0.2) is 9.13 Å². The van der Waals surface area contributed by atoms with E-state index in [4.69, 9.17) is 0 Å². The van der Waals surface area contributed by atoms with Gasteiger partial charge in [-0.15, -0.1) is 0 Å². The van der Waals surface area contributed by atoms with Gasteiger partial charge in [-0.2, -0.15) is 0 Å². The van der Waals surface area contributed by atoms with Gasteiger partial charge in [0.2, 0.25) is 0 Å². The number of aromatic nitrogens is 2. The number of hydrogen-bond donors (Lipinski definition) is 0. The molecule has 0 spiro atoms. The Morgan fingerprint density at radius 1 is 0.333 bits per heavy atom. The molecule has 0 radical (unpaired) electrons. The lowest BCUT2D eigenvalue weighted by atomic mass is 9.94. The molecule has 0 bridgehead atoms. The Morgan fingerprint density at radius 3 is 1.57 bits per heavy atom. The van der Waals surface area contributed by atoms with E-state index in [9.17, 15) is 0 Å². The fourth-order valence-corrected chi connectivity index (χ4v) is 6.91. The first-order valence-electron chi connectivity index (χ1n) is 14.5. The van der Waals surface area contributed by atoms with Gasteiger partial charge >= 0.3 is 0 Å². The third-order valence-electron chi connectivity index (χ3n) is 8.67. The molecule has 2 nitrogen and oxygen atoms in total. The molecule has 2 heterocycles. The van der Waals surface area contributed by atoms with E-state index in [1.54, 1.807) is 0 Å². The quantitative estimate of drug-likeness (QED) is 0.213. The minimum atomic E-state index is 1.17. The van der Waals surface area contributed by atoms with Gasteiger partial charge in [-0.1, -0.05) is 103 Å².